The van der Waals surface area contributed by atoms with Crippen molar-refractivity contribution in [2.75, 3.05) is 12.8 Å². The van der Waals surface area contributed by atoms with Gasteiger partial charge in [-0.3, -0.25) is 0 Å². The molecule has 0 aliphatic rings. The number of nitrogen functional groups attached to an aromatic ring is 1. The number of nitrogens with zero attached hydrogens (tertiary/aromatic N) is 1. The molecule has 0 amide bonds. The zero-order valence-electron chi connectivity index (χ0n) is 12.9. The maximum absolute atomic E-state index is 6.38. The summed E-state index contributed by atoms with van der Waals surface area (Å²) in [5.74, 6) is 0.846. The Morgan fingerprint density at radius 3 is 2.50 bits per heavy atom. The van der Waals surface area contributed by atoms with Crippen LogP contribution in [0.3, 0.4) is 0 Å². The second kappa shape index (κ2) is 5.98. The molecule has 0 bridgehead atoms. The minimum atomic E-state index is 0.816. The van der Waals surface area contributed by atoms with E-state index in [1.807, 2.05) is 36.4 Å². The Balaban J connectivity index is 2.27. The Morgan fingerprint density at radius 2 is 1.82 bits per heavy atom. The van der Waals surface area contributed by atoms with Crippen molar-refractivity contribution in [2.24, 2.45) is 0 Å². The number of hydrogen-bond acceptors (Lipinski definition) is 2. The van der Waals surface area contributed by atoms with Crippen molar-refractivity contribution in [1.82, 2.24) is 4.57 Å². The summed E-state index contributed by atoms with van der Waals surface area (Å²) in [6.45, 7) is 2.12. The van der Waals surface area contributed by atoms with E-state index < -0.39 is 0 Å². The maximum Gasteiger partial charge on any atom is 0.119 e. The predicted octanol–water partition coefficient (Wildman–Crippen LogP) is 4.64. The van der Waals surface area contributed by atoms with Crippen LogP contribution in [-0.2, 0) is 0 Å². The minimum Gasteiger partial charge on any atom is -0.497 e. The van der Waals surface area contributed by atoms with Gasteiger partial charge in [0.05, 0.1) is 24.0 Å². The van der Waals surface area contributed by atoms with E-state index in [2.05, 4.69) is 35.8 Å². The second-order valence-corrected chi connectivity index (χ2v) is 5.16. The molecule has 0 spiro atoms. The Labute approximate surface area is 130 Å². The van der Waals surface area contributed by atoms with Crippen molar-refractivity contribution >= 4 is 22.7 Å². The molecule has 0 aliphatic heterocycles. The van der Waals surface area contributed by atoms with Gasteiger partial charge in [0, 0.05) is 11.1 Å². The van der Waals surface area contributed by atoms with Crippen LogP contribution >= 0.6 is 0 Å². The van der Waals surface area contributed by atoms with Gasteiger partial charge in [-0.05, 0) is 42.8 Å². The molecule has 3 heteroatoms. The van der Waals surface area contributed by atoms with E-state index in [-0.39, 0.29) is 0 Å². The average Bonchev–Trinajstić information content (AvgIpc) is 2.86. The Hall–Kier alpha value is -2.68. The largest absolute Gasteiger partial charge is 0.497 e. The molecule has 2 N–H and O–H groups in total. The van der Waals surface area contributed by atoms with Crippen LogP contribution in [0, 0.1) is 0 Å². The Bertz CT molecular complexity index is 813. The summed E-state index contributed by atoms with van der Waals surface area (Å²) < 4.78 is 7.44. The van der Waals surface area contributed by atoms with E-state index >= 15 is 0 Å². The van der Waals surface area contributed by atoms with Crippen LogP contribution in [0.15, 0.2) is 54.6 Å². The number of hydrogen-bond donors (Lipinski definition) is 1. The number of ether oxygens (including phenoxy) is 1. The number of methoxy groups -OCH3 is 1. The number of anilines is 1. The summed E-state index contributed by atoms with van der Waals surface area (Å²) in [7, 11) is 1.67. The highest BCUT2D eigenvalue weighted by Crippen LogP contribution is 2.33. The van der Waals surface area contributed by atoms with Crippen molar-refractivity contribution in [2.45, 2.75) is 13.3 Å². The normalized spacial score (nSPS) is 11.4. The molecule has 2 aromatic carbocycles. The lowest BCUT2D eigenvalue weighted by molar-refractivity contribution is 0.415. The van der Waals surface area contributed by atoms with Gasteiger partial charge >= 0.3 is 0 Å². The highest BCUT2D eigenvalue weighted by Gasteiger charge is 2.13. The fourth-order valence-corrected chi connectivity index (χ4v) is 2.69. The molecule has 0 unspecified atom stereocenters. The zero-order chi connectivity index (χ0) is 15.5. The molecule has 0 radical (unpaired) electrons. The molecule has 0 fully saturated rings. The minimum absolute atomic E-state index is 0.816. The van der Waals surface area contributed by atoms with Gasteiger partial charge < -0.3 is 15.0 Å². The van der Waals surface area contributed by atoms with Crippen LogP contribution in [0.25, 0.3) is 22.7 Å². The number of para-hydroxylation sites is 1. The SMILES string of the molecule is CC/C=C\c1c(N)c2ccccc2n1-c1ccc(OC)cc1. The van der Waals surface area contributed by atoms with E-state index in [0.717, 1.165) is 40.1 Å². The summed E-state index contributed by atoms with van der Waals surface area (Å²) in [6, 6.07) is 16.2. The molecule has 112 valence electrons. The monoisotopic (exact) mass is 292 g/mol. The molecular weight excluding hydrogens is 272 g/mol. The summed E-state index contributed by atoms with van der Waals surface area (Å²) in [6.07, 6.45) is 5.20. The molecular formula is C19H20N2O. The lowest BCUT2D eigenvalue weighted by Crippen LogP contribution is -1.98. The average molecular weight is 292 g/mol. The third kappa shape index (κ3) is 2.35. The number of nitrogens with two attached hydrogens (primary N) is 1. The number of benzene rings is 2. The number of rotatable bonds is 4. The van der Waals surface area contributed by atoms with Gasteiger partial charge in [-0.15, -0.1) is 0 Å². The van der Waals surface area contributed by atoms with Crippen molar-refractivity contribution < 1.29 is 4.74 Å². The van der Waals surface area contributed by atoms with Crippen LogP contribution in [-0.4, -0.2) is 11.7 Å². The Morgan fingerprint density at radius 1 is 1.09 bits per heavy atom. The molecule has 3 rings (SSSR count). The van der Waals surface area contributed by atoms with E-state index in [1.165, 1.54) is 0 Å². The first-order valence-electron chi connectivity index (χ1n) is 7.46. The standard InChI is InChI=1S/C19H20N2O/c1-3-4-8-18-19(20)16-7-5-6-9-17(16)21(18)14-10-12-15(22-2)13-11-14/h4-13H,3,20H2,1-2H3/b8-4-. The van der Waals surface area contributed by atoms with Crippen molar-refractivity contribution in [3.05, 3.63) is 60.3 Å². The van der Waals surface area contributed by atoms with Gasteiger partial charge in [-0.25, -0.2) is 0 Å². The number of aromatic nitrogens is 1. The van der Waals surface area contributed by atoms with E-state index in [4.69, 9.17) is 10.5 Å². The van der Waals surface area contributed by atoms with Gasteiger partial charge in [0.2, 0.25) is 0 Å². The molecule has 1 aromatic heterocycles. The van der Waals surface area contributed by atoms with Crippen molar-refractivity contribution in [3.8, 4) is 11.4 Å². The maximum atomic E-state index is 6.38. The zero-order valence-corrected chi connectivity index (χ0v) is 12.9. The predicted molar refractivity (Wildman–Crippen MR) is 93.6 cm³/mol. The molecule has 0 atom stereocenters. The van der Waals surface area contributed by atoms with Gasteiger partial charge in [-0.1, -0.05) is 31.2 Å². The smallest absolute Gasteiger partial charge is 0.119 e. The van der Waals surface area contributed by atoms with Gasteiger partial charge in [-0.2, -0.15) is 0 Å². The summed E-state index contributed by atoms with van der Waals surface area (Å²) in [5, 5.41) is 1.08. The molecule has 3 aromatic rings. The first-order chi connectivity index (χ1) is 10.8. The van der Waals surface area contributed by atoms with Crippen LogP contribution < -0.4 is 10.5 Å². The molecule has 3 nitrogen and oxygen atoms in total. The summed E-state index contributed by atoms with van der Waals surface area (Å²) in [4.78, 5) is 0. The third-order valence-corrected chi connectivity index (χ3v) is 3.79. The fourth-order valence-electron chi connectivity index (χ4n) is 2.69. The first kappa shape index (κ1) is 14.3. The van der Waals surface area contributed by atoms with Crippen molar-refractivity contribution in [1.29, 1.82) is 0 Å². The lowest BCUT2D eigenvalue weighted by atomic mass is 10.2. The highest BCUT2D eigenvalue weighted by molar-refractivity contribution is 5.98. The highest BCUT2D eigenvalue weighted by atomic mass is 16.5. The summed E-state index contributed by atoms with van der Waals surface area (Å²) in [5.41, 5.74) is 10.4. The summed E-state index contributed by atoms with van der Waals surface area (Å²) >= 11 is 0. The van der Waals surface area contributed by atoms with Crippen LogP contribution in [0.2, 0.25) is 0 Å². The first-order valence-corrected chi connectivity index (χ1v) is 7.46. The molecule has 0 saturated carbocycles. The molecule has 22 heavy (non-hydrogen) atoms. The van der Waals surface area contributed by atoms with Crippen molar-refractivity contribution in [3.63, 3.8) is 0 Å². The molecule has 0 saturated heterocycles. The van der Waals surface area contributed by atoms with Gasteiger partial charge in [0.25, 0.3) is 0 Å². The topological polar surface area (TPSA) is 40.2 Å². The third-order valence-electron chi connectivity index (χ3n) is 3.79. The number of allylic oxidation sites excluding steroid dienone is 1. The van der Waals surface area contributed by atoms with E-state index in [1.54, 1.807) is 7.11 Å². The van der Waals surface area contributed by atoms with E-state index in [0.29, 0.717) is 0 Å². The van der Waals surface area contributed by atoms with Crippen LogP contribution in [0.1, 0.15) is 19.0 Å². The molecule has 1 heterocycles. The van der Waals surface area contributed by atoms with Crippen LogP contribution in [0.4, 0.5) is 5.69 Å². The van der Waals surface area contributed by atoms with Gasteiger partial charge in [0.1, 0.15) is 5.75 Å². The van der Waals surface area contributed by atoms with Gasteiger partial charge in [0.15, 0.2) is 0 Å². The Kier molecular flexibility index (Phi) is 3.88. The molecule has 0 aliphatic carbocycles. The van der Waals surface area contributed by atoms with Crippen LogP contribution in [0.5, 0.6) is 5.75 Å². The lowest BCUT2D eigenvalue weighted by Gasteiger charge is -2.10. The quantitative estimate of drug-likeness (QED) is 0.760. The van der Waals surface area contributed by atoms with E-state index in [9.17, 15) is 0 Å². The fraction of sp³-hybridized carbons (Fsp3) is 0.158. The second-order valence-electron chi connectivity index (χ2n) is 5.16. The number of fused-ring (bicyclic) bond motifs is 1.